The summed E-state index contributed by atoms with van der Waals surface area (Å²) in [5, 5.41) is 5.59. The fraction of sp³-hybridized carbons (Fsp3) is 0.250. The number of pyridine rings is 1. The fourth-order valence-electron chi connectivity index (χ4n) is 6.00. The van der Waals surface area contributed by atoms with E-state index in [1.807, 2.05) is 6.08 Å². The number of allylic oxidation sites excluding steroid dienone is 2. The number of ether oxygens (including phenoxy) is 2. The lowest BCUT2D eigenvalue weighted by atomic mass is 10.1. The van der Waals surface area contributed by atoms with Gasteiger partial charge in [-0.3, -0.25) is 39.3 Å². The van der Waals surface area contributed by atoms with E-state index in [9.17, 15) is 19.2 Å². The molecule has 0 radical (unpaired) electrons. The highest BCUT2D eigenvalue weighted by Crippen LogP contribution is 2.31. The van der Waals surface area contributed by atoms with Crippen molar-refractivity contribution in [1.82, 2.24) is 48.9 Å². The summed E-state index contributed by atoms with van der Waals surface area (Å²) < 4.78 is 15.1. The summed E-state index contributed by atoms with van der Waals surface area (Å²) in [5.74, 6) is -1.71. The number of nitrogens with two attached hydrogens (primary N) is 2. The van der Waals surface area contributed by atoms with Gasteiger partial charge in [0, 0.05) is 69.3 Å². The molecule has 286 valence electrons. The molecule has 1 aliphatic heterocycles. The number of carbonyl (C=O) groups excluding carboxylic acids is 4. The summed E-state index contributed by atoms with van der Waals surface area (Å²) >= 11 is 0. The Morgan fingerprint density at radius 2 is 1.30 bits per heavy atom. The average Bonchev–Trinajstić information content (AvgIpc) is 3.74. The molecule has 0 spiro atoms. The Morgan fingerprint density at radius 3 is 1.93 bits per heavy atom. The van der Waals surface area contributed by atoms with Crippen molar-refractivity contribution in [2.75, 3.05) is 50.1 Å². The number of fused-ring (bicyclic) bond motifs is 2. The SMILES string of the molecule is NC(=O)c1cnc2c(c1)nc(NC(=O)c1cncnc1)n2CC=CCn1c(NC(=O)c2cncnc2)nc2cc(C(N)=O)cc(OCCCN3CCOCC3)c21. The Morgan fingerprint density at radius 1 is 0.732 bits per heavy atom. The van der Waals surface area contributed by atoms with Crippen LogP contribution >= 0.6 is 0 Å². The third kappa shape index (κ3) is 8.45. The number of primary amides is 2. The van der Waals surface area contributed by atoms with Gasteiger partial charge in [-0.25, -0.2) is 34.9 Å². The van der Waals surface area contributed by atoms with Crippen LogP contribution in [0, 0.1) is 0 Å². The second-order valence-electron chi connectivity index (χ2n) is 12.5. The Kier molecular flexibility index (Phi) is 11.2. The van der Waals surface area contributed by atoms with Gasteiger partial charge >= 0.3 is 0 Å². The first-order valence-electron chi connectivity index (χ1n) is 17.5. The Hall–Kier alpha value is -7.19. The van der Waals surface area contributed by atoms with E-state index in [0.717, 1.165) is 19.6 Å². The molecule has 0 bridgehead atoms. The molecule has 0 unspecified atom stereocenters. The van der Waals surface area contributed by atoms with Gasteiger partial charge < -0.3 is 25.5 Å². The van der Waals surface area contributed by atoms with Gasteiger partial charge in [-0.2, -0.15) is 0 Å². The van der Waals surface area contributed by atoms with Crippen molar-refractivity contribution in [1.29, 1.82) is 0 Å². The van der Waals surface area contributed by atoms with E-state index in [0.29, 0.717) is 54.2 Å². The van der Waals surface area contributed by atoms with Gasteiger partial charge in [0.1, 0.15) is 29.4 Å². The maximum absolute atomic E-state index is 13.3. The summed E-state index contributed by atoms with van der Waals surface area (Å²) in [6.07, 6.45) is 13.7. The Labute approximate surface area is 318 Å². The molecular weight excluding hydrogens is 724 g/mol. The number of carbonyl (C=O) groups is 4. The van der Waals surface area contributed by atoms with Gasteiger partial charge in [-0.05, 0) is 24.6 Å². The van der Waals surface area contributed by atoms with Crippen LogP contribution in [-0.4, -0.2) is 112 Å². The number of anilines is 2. The molecule has 56 heavy (non-hydrogen) atoms. The largest absolute Gasteiger partial charge is 0.491 e. The number of hydrogen-bond acceptors (Lipinski definition) is 14. The number of nitrogens with one attached hydrogen (secondary N) is 2. The summed E-state index contributed by atoms with van der Waals surface area (Å²) in [4.78, 5) is 82.2. The molecule has 0 aliphatic carbocycles. The number of benzene rings is 1. The highest BCUT2D eigenvalue weighted by molar-refractivity contribution is 6.05. The first-order valence-corrected chi connectivity index (χ1v) is 17.5. The quantitative estimate of drug-likeness (QED) is 0.0852. The molecule has 1 aliphatic rings. The summed E-state index contributed by atoms with van der Waals surface area (Å²) in [6, 6.07) is 4.59. The Bertz CT molecular complexity index is 2430. The summed E-state index contributed by atoms with van der Waals surface area (Å²) in [5.41, 5.74) is 13.5. The number of amides is 4. The van der Waals surface area contributed by atoms with E-state index in [-0.39, 0.29) is 47.2 Å². The predicted octanol–water partition coefficient (Wildman–Crippen LogP) is 1.42. The van der Waals surface area contributed by atoms with Gasteiger partial charge in [0.2, 0.25) is 23.7 Å². The third-order valence-electron chi connectivity index (χ3n) is 8.78. The van der Waals surface area contributed by atoms with Crippen molar-refractivity contribution in [3.05, 3.63) is 96.2 Å². The lowest BCUT2D eigenvalue weighted by Gasteiger charge is -2.26. The van der Waals surface area contributed by atoms with Gasteiger partial charge in [0.25, 0.3) is 11.8 Å². The first kappa shape index (κ1) is 37.1. The fourth-order valence-corrected chi connectivity index (χ4v) is 6.00. The number of morpholine rings is 1. The molecule has 20 heteroatoms. The number of aromatic nitrogens is 9. The molecule has 1 saturated heterocycles. The van der Waals surface area contributed by atoms with Crippen molar-refractivity contribution >= 4 is 57.7 Å². The normalized spacial score (nSPS) is 13.3. The monoisotopic (exact) mass is 760 g/mol. The molecule has 1 aromatic carbocycles. The lowest BCUT2D eigenvalue weighted by Crippen LogP contribution is -2.37. The van der Waals surface area contributed by atoms with Crippen LogP contribution in [0.25, 0.3) is 22.2 Å². The van der Waals surface area contributed by atoms with Gasteiger partial charge in [-0.15, -0.1) is 0 Å². The maximum Gasteiger partial charge on any atom is 0.261 e. The van der Waals surface area contributed by atoms with E-state index in [4.69, 9.17) is 20.9 Å². The minimum absolute atomic E-state index is 0.144. The first-order chi connectivity index (χ1) is 27.2. The zero-order valence-electron chi connectivity index (χ0n) is 29.9. The van der Waals surface area contributed by atoms with Crippen molar-refractivity contribution in [3.8, 4) is 5.75 Å². The number of nitrogens with zero attached hydrogens (tertiary/aromatic N) is 10. The lowest BCUT2D eigenvalue weighted by molar-refractivity contribution is 0.0358. The van der Waals surface area contributed by atoms with E-state index in [1.54, 1.807) is 21.3 Å². The van der Waals surface area contributed by atoms with Crippen molar-refractivity contribution in [3.63, 3.8) is 0 Å². The minimum atomic E-state index is -0.681. The van der Waals surface area contributed by atoms with E-state index in [2.05, 4.69) is 50.4 Å². The van der Waals surface area contributed by atoms with Crippen LogP contribution in [0.15, 0.2) is 74.0 Å². The molecule has 0 atom stereocenters. The molecule has 6 heterocycles. The van der Waals surface area contributed by atoms with Crippen molar-refractivity contribution < 1.29 is 28.7 Å². The second kappa shape index (κ2) is 16.9. The molecule has 4 amide bonds. The smallest absolute Gasteiger partial charge is 0.261 e. The number of imidazole rings is 2. The van der Waals surface area contributed by atoms with Gasteiger partial charge in [0.15, 0.2) is 5.65 Å². The van der Waals surface area contributed by atoms with Crippen molar-refractivity contribution in [2.45, 2.75) is 19.5 Å². The highest BCUT2D eigenvalue weighted by Gasteiger charge is 2.21. The molecule has 5 aromatic heterocycles. The standard InChI is InChI=1S/C36H36N14O6/c37-30(51)22-12-26-29(28(14-22)56-9-3-4-48-7-10-55-11-8-48)49(35(44-26)46-33(53)24-15-39-20-40-16-24)5-1-2-6-50-32-27(13-23(19-43-32)31(38)52)45-36(50)47-34(54)25-17-41-21-42-18-25/h1-2,12-21H,3-11H2,(H2,37,51)(H2,38,52)(H,44,46,53)(H,45,47,54). The third-order valence-corrected chi connectivity index (χ3v) is 8.78. The van der Waals surface area contributed by atoms with Crippen LogP contribution in [-0.2, 0) is 17.8 Å². The van der Waals surface area contributed by atoms with Gasteiger partial charge in [0.05, 0.1) is 42.0 Å². The molecule has 7 rings (SSSR count). The van der Waals surface area contributed by atoms with Crippen LogP contribution in [0.3, 0.4) is 0 Å². The van der Waals surface area contributed by atoms with E-state index in [1.165, 1.54) is 55.8 Å². The highest BCUT2D eigenvalue weighted by atomic mass is 16.5. The molecule has 6 aromatic rings. The molecule has 20 nitrogen and oxygen atoms in total. The molecule has 6 N–H and O–H groups in total. The molecule has 0 saturated carbocycles. The number of hydrogen-bond donors (Lipinski definition) is 4. The maximum atomic E-state index is 13.3. The second-order valence-corrected chi connectivity index (χ2v) is 12.5. The van der Waals surface area contributed by atoms with E-state index < -0.39 is 23.6 Å². The topological polar surface area (TPSA) is 266 Å². The van der Waals surface area contributed by atoms with Crippen LogP contribution < -0.4 is 26.8 Å². The van der Waals surface area contributed by atoms with Crippen LogP contribution in [0.2, 0.25) is 0 Å². The zero-order chi connectivity index (χ0) is 39.0. The summed E-state index contributed by atoms with van der Waals surface area (Å²) in [6.45, 7) is 4.49. The predicted molar refractivity (Wildman–Crippen MR) is 201 cm³/mol. The minimum Gasteiger partial charge on any atom is -0.491 e. The molecular formula is C36H36N14O6. The average molecular weight is 761 g/mol. The molecule has 1 fully saturated rings. The zero-order valence-corrected chi connectivity index (χ0v) is 29.9. The Balaban J connectivity index is 1.20. The van der Waals surface area contributed by atoms with Crippen LogP contribution in [0.4, 0.5) is 11.9 Å². The van der Waals surface area contributed by atoms with Crippen molar-refractivity contribution in [2.24, 2.45) is 11.5 Å². The summed E-state index contributed by atoms with van der Waals surface area (Å²) in [7, 11) is 0. The number of rotatable bonds is 15. The van der Waals surface area contributed by atoms with Crippen LogP contribution in [0.5, 0.6) is 5.75 Å². The van der Waals surface area contributed by atoms with Gasteiger partial charge in [-0.1, -0.05) is 12.2 Å². The van der Waals surface area contributed by atoms with E-state index >= 15 is 0 Å². The van der Waals surface area contributed by atoms with Crippen LogP contribution in [0.1, 0.15) is 47.9 Å².